The molecule has 2 aliphatic rings. The number of likely N-dealkylation sites (tertiary alicyclic amines) is 1. The van der Waals surface area contributed by atoms with Crippen LogP contribution in [0.2, 0.25) is 0 Å². The molecular weight excluding hydrogens is 498 g/mol. The summed E-state index contributed by atoms with van der Waals surface area (Å²) in [5.74, 6) is -0.166. The summed E-state index contributed by atoms with van der Waals surface area (Å²) >= 11 is 1.65. The van der Waals surface area contributed by atoms with E-state index in [0.717, 1.165) is 39.7 Å². The number of nitrogens with zero attached hydrogens (tertiary/aromatic N) is 4. The summed E-state index contributed by atoms with van der Waals surface area (Å²) in [5.41, 5.74) is 6.12. The Kier molecular flexibility index (Phi) is 6.34. The Labute approximate surface area is 226 Å². The Morgan fingerprint density at radius 3 is 2.74 bits per heavy atom. The van der Waals surface area contributed by atoms with E-state index in [1.807, 2.05) is 43.5 Å². The lowest BCUT2D eigenvalue weighted by Crippen LogP contribution is -2.65. The minimum atomic E-state index is -0.668. The number of hydrogen-bond acceptors (Lipinski definition) is 7. The maximum Gasteiger partial charge on any atom is 0.274 e. The van der Waals surface area contributed by atoms with Crippen molar-refractivity contribution in [3.05, 3.63) is 75.8 Å². The largest absolute Gasteiger partial charge is 0.389 e. The van der Waals surface area contributed by atoms with Crippen molar-refractivity contribution in [3.8, 4) is 10.4 Å². The number of aromatic nitrogens is 3. The van der Waals surface area contributed by atoms with Gasteiger partial charge in [-0.2, -0.15) is 0 Å². The van der Waals surface area contributed by atoms with Gasteiger partial charge in [0.1, 0.15) is 11.3 Å². The van der Waals surface area contributed by atoms with Crippen molar-refractivity contribution < 1.29 is 14.6 Å². The molecule has 3 aromatic heterocycles. The molecule has 8 nitrogen and oxygen atoms in total. The lowest BCUT2D eigenvalue weighted by atomic mass is 9.76. The van der Waals surface area contributed by atoms with Crippen LogP contribution in [0.1, 0.15) is 57.3 Å². The van der Waals surface area contributed by atoms with Crippen molar-refractivity contribution in [3.63, 3.8) is 0 Å². The van der Waals surface area contributed by atoms with E-state index in [1.54, 1.807) is 29.5 Å². The number of imidazole rings is 1. The SMILES string of the molecule is CO[C@H](C)c1cc(-c2sc(C)nc2C)cn2cc(C(=O)N3CC[C@]4(Cc5ccccc5CN4)[C@H](O)C3)nc12. The van der Waals surface area contributed by atoms with Gasteiger partial charge in [0.25, 0.3) is 5.91 Å². The first-order chi connectivity index (χ1) is 18.3. The average Bonchev–Trinajstić information content (AvgIpc) is 3.51. The average molecular weight is 532 g/mol. The van der Waals surface area contributed by atoms with Crippen LogP contribution in [0.5, 0.6) is 0 Å². The second-order valence-electron chi connectivity index (χ2n) is 10.5. The zero-order valence-corrected chi connectivity index (χ0v) is 23.0. The minimum Gasteiger partial charge on any atom is -0.389 e. The van der Waals surface area contributed by atoms with Gasteiger partial charge >= 0.3 is 0 Å². The molecule has 4 aromatic rings. The van der Waals surface area contributed by atoms with E-state index in [-0.39, 0.29) is 18.6 Å². The minimum absolute atomic E-state index is 0.166. The quantitative estimate of drug-likeness (QED) is 0.413. The van der Waals surface area contributed by atoms with Crippen LogP contribution in [0.25, 0.3) is 16.1 Å². The Morgan fingerprint density at radius 1 is 1.24 bits per heavy atom. The highest BCUT2D eigenvalue weighted by atomic mass is 32.1. The number of carbonyl (C=O) groups is 1. The molecule has 1 aromatic carbocycles. The molecule has 2 aliphatic heterocycles. The Balaban J connectivity index is 1.28. The van der Waals surface area contributed by atoms with Gasteiger partial charge in [-0.05, 0) is 50.8 Å². The number of aliphatic hydroxyl groups excluding tert-OH is 1. The number of amides is 1. The van der Waals surface area contributed by atoms with Crippen LogP contribution in [0, 0.1) is 13.8 Å². The van der Waals surface area contributed by atoms with Gasteiger partial charge in [0, 0.05) is 50.3 Å². The third-order valence-corrected chi connectivity index (χ3v) is 9.28. The smallest absolute Gasteiger partial charge is 0.274 e. The maximum absolute atomic E-state index is 13.6. The number of piperidine rings is 1. The summed E-state index contributed by atoms with van der Waals surface area (Å²) in [4.78, 5) is 25.8. The summed E-state index contributed by atoms with van der Waals surface area (Å²) in [6, 6.07) is 10.5. The third-order valence-electron chi connectivity index (χ3n) is 8.16. The number of fused-ring (bicyclic) bond motifs is 2. The van der Waals surface area contributed by atoms with Crippen LogP contribution in [0.15, 0.2) is 42.7 Å². The lowest BCUT2D eigenvalue weighted by molar-refractivity contribution is -0.0140. The molecular formula is C29H33N5O3S. The van der Waals surface area contributed by atoms with Crippen LogP contribution < -0.4 is 5.32 Å². The highest BCUT2D eigenvalue weighted by molar-refractivity contribution is 7.15. The Hall–Kier alpha value is -3.11. The van der Waals surface area contributed by atoms with Crippen molar-refractivity contribution in [2.24, 2.45) is 0 Å². The number of hydrogen-bond donors (Lipinski definition) is 2. The zero-order valence-electron chi connectivity index (χ0n) is 22.2. The van der Waals surface area contributed by atoms with Crippen molar-refractivity contribution in [1.82, 2.24) is 24.6 Å². The molecule has 1 saturated heterocycles. The van der Waals surface area contributed by atoms with Gasteiger partial charge in [-0.15, -0.1) is 11.3 Å². The molecule has 0 unspecified atom stereocenters. The Bertz CT molecular complexity index is 1530. The molecule has 198 valence electrons. The fraction of sp³-hybridized carbons (Fsp3) is 0.414. The van der Waals surface area contributed by atoms with Crippen LogP contribution in [0.3, 0.4) is 0 Å². The molecule has 9 heteroatoms. The van der Waals surface area contributed by atoms with Gasteiger partial charge in [-0.3, -0.25) is 4.79 Å². The molecule has 0 radical (unpaired) electrons. The van der Waals surface area contributed by atoms with Crippen LogP contribution in [-0.2, 0) is 17.7 Å². The summed E-state index contributed by atoms with van der Waals surface area (Å²) in [6.45, 7) is 7.56. The topological polar surface area (TPSA) is 92.0 Å². The summed E-state index contributed by atoms with van der Waals surface area (Å²) in [5, 5.41) is 15.9. The van der Waals surface area contributed by atoms with E-state index >= 15 is 0 Å². The molecule has 1 amide bonds. The number of aliphatic hydroxyl groups is 1. The summed E-state index contributed by atoms with van der Waals surface area (Å²) in [7, 11) is 1.67. The van der Waals surface area contributed by atoms with Gasteiger partial charge in [0.05, 0.1) is 33.3 Å². The monoisotopic (exact) mass is 531 g/mol. The summed E-state index contributed by atoms with van der Waals surface area (Å²) < 4.78 is 7.58. The number of thiazole rings is 1. The van der Waals surface area contributed by atoms with Gasteiger partial charge in [0.15, 0.2) is 0 Å². The van der Waals surface area contributed by atoms with E-state index in [9.17, 15) is 9.90 Å². The number of benzene rings is 1. The molecule has 0 saturated carbocycles. The maximum atomic E-state index is 13.6. The Morgan fingerprint density at radius 2 is 2.03 bits per heavy atom. The van der Waals surface area contributed by atoms with Gasteiger partial charge in [-0.25, -0.2) is 9.97 Å². The first-order valence-corrected chi connectivity index (χ1v) is 13.9. The molecule has 3 atom stereocenters. The van der Waals surface area contributed by atoms with Crippen LogP contribution in [0.4, 0.5) is 0 Å². The fourth-order valence-corrected chi connectivity index (χ4v) is 6.79. The zero-order chi connectivity index (χ0) is 26.6. The van der Waals surface area contributed by atoms with E-state index in [0.29, 0.717) is 24.3 Å². The number of nitrogens with one attached hydrogen (secondary N) is 1. The second kappa shape index (κ2) is 9.57. The molecule has 1 fully saturated rings. The number of methoxy groups -OCH3 is 1. The first-order valence-electron chi connectivity index (χ1n) is 13.1. The number of β-amino-alcohol motifs (C(OH)–C–C–N with tert-alkyl or cyclic N) is 1. The number of pyridine rings is 1. The lowest BCUT2D eigenvalue weighted by Gasteiger charge is -2.48. The van der Waals surface area contributed by atoms with Gasteiger partial charge < -0.3 is 24.5 Å². The van der Waals surface area contributed by atoms with E-state index < -0.39 is 11.6 Å². The van der Waals surface area contributed by atoms with Crippen molar-refractivity contribution >= 4 is 22.9 Å². The summed E-state index contributed by atoms with van der Waals surface area (Å²) in [6.07, 6.45) is 4.38. The van der Waals surface area contributed by atoms with Crippen LogP contribution in [-0.4, -0.2) is 62.1 Å². The van der Waals surface area contributed by atoms with E-state index in [1.165, 1.54) is 11.1 Å². The molecule has 5 heterocycles. The number of carbonyl (C=O) groups excluding carboxylic acids is 1. The first kappa shape index (κ1) is 25.2. The molecule has 2 N–H and O–H groups in total. The molecule has 0 bridgehead atoms. The normalized spacial score (nSPS) is 22.1. The number of ether oxygens (including phenoxy) is 1. The third kappa shape index (κ3) is 4.23. The van der Waals surface area contributed by atoms with Crippen molar-refractivity contribution in [2.45, 2.75) is 57.9 Å². The number of rotatable bonds is 4. The standard InChI is InChI=1S/C29H33N5O3S/c1-17-26(38-19(3)31-17)22-11-23(18(2)37-4)27-32-24(15-34(27)14-22)28(36)33-10-9-29(25(35)16-33)12-20-7-5-6-8-21(20)13-30-29/h5-8,11,14-15,18,25,30,35H,9-10,12-13,16H2,1-4H3/t18-,25-,29+/m1/s1. The fourth-order valence-electron chi connectivity index (χ4n) is 5.89. The van der Waals surface area contributed by atoms with E-state index in [4.69, 9.17) is 9.72 Å². The molecule has 6 rings (SSSR count). The van der Waals surface area contributed by atoms with Crippen LogP contribution >= 0.6 is 11.3 Å². The highest BCUT2D eigenvalue weighted by Gasteiger charge is 2.45. The van der Waals surface area contributed by atoms with E-state index in [2.05, 4.69) is 28.5 Å². The van der Waals surface area contributed by atoms with Gasteiger partial charge in [0.2, 0.25) is 0 Å². The molecule has 38 heavy (non-hydrogen) atoms. The number of aryl methyl sites for hydroxylation is 2. The second-order valence-corrected chi connectivity index (χ2v) is 11.7. The van der Waals surface area contributed by atoms with Gasteiger partial charge in [-0.1, -0.05) is 24.3 Å². The molecule has 0 aliphatic carbocycles. The predicted octanol–water partition coefficient (Wildman–Crippen LogP) is 4.07. The predicted molar refractivity (Wildman–Crippen MR) is 147 cm³/mol. The van der Waals surface area contributed by atoms with Crippen molar-refractivity contribution in [2.75, 3.05) is 20.2 Å². The molecule has 1 spiro atoms. The highest BCUT2D eigenvalue weighted by Crippen LogP contribution is 2.35. The van der Waals surface area contributed by atoms with Crippen molar-refractivity contribution in [1.29, 1.82) is 0 Å².